The van der Waals surface area contributed by atoms with Crippen LogP contribution in [0.15, 0.2) is 60.7 Å². The van der Waals surface area contributed by atoms with Crippen molar-refractivity contribution in [1.29, 1.82) is 0 Å². The number of carbonyl (C=O) groups is 1. The lowest BCUT2D eigenvalue weighted by Crippen LogP contribution is -2.29. The Morgan fingerprint density at radius 2 is 1.59 bits per heavy atom. The molecule has 0 aliphatic carbocycles. The SMILES string of the molecule is CC[C@@H](OC(=O)c1ccccc1)[C@H](C)[C@H](O)c1ccccc1. The average Bonchev–Trinajstić information content (AvgIpc) is 2.59. The lowest BCUT2D eigenvalue weighted by molar-refractivity contribution is -0.0154. The van der Waals surface area contributed by atoms with Crippen molar-refractivity contribution in [2.75, 3.05) is 0 Å². The van der Waals surface area contributed by atoms with Gasteiger partial charge in [0, 0.05) is 5.92 Å². The molecule has 0 aliphatic rings. The summed E-state index contributed by atoms with van der Waals surface area (Å²) in [6, 6.07) is 18.4. The zero-order valence-corrected chi connectivity index (χ0v) is 13.0. The van der Waals surface area contributed by atoms with E-state index in [1.165, 1.54) is 0 Å². The van der Waals surface area contributed by atoms with E-state index < -0.39 is 6.10 Å². The van der Waals surface area contributed by atoms with Gasteiger partial charge in [0.15, 0.2) is 0 Å². The molecule has 3 nitrogen and oxygen atoms in total. The molecule has 3 atom stereocenters. The minimum absolute atomic E-state index is 0.180. The molecule has 0 fully saturated rings. The topological polar surface area (TPSA) is 46.5 Å². The highest BCUT2D eigenvalue weighted by Crippen LogP contribution is 2.27. The summed E-state index contributed by atoms with van der Waals surface area (Å²) in [6.45, 7) is 3.86. The van der Waals surface area contributed by atoms with Crippen LogP contribution in [0.5, 0.6) is 0 Å². The third-order valence-corrected chi connectivity index (χ3v) is 3.90. The molecular formula is C19H22O3. The van der Waals surface area contributed by atoms with Crippen LogP contribution in [0.4, 0.5) is 0 Å². The lowest BCUT2D eigenvalue weighted by Gasteiger charge is -2.27. The van der Waals surface area contributed by atoms with Gasteiger partial charge in [-0.1, -0.05) is 62.4 Å². The van der Waals surface area contributed by atoms with Crippen molar-refractivity contribution in [3.8, 4) is 0 Å². The third kappa shape index (κ3) is 3.95. The second kappa shape index (κ2) is 7.76. The summed E-state index contributed by atoms with van der Waals surface area (Å²) in [5.41, 5.74) is 1.37. The summed E-state index contributed by atoms with van der Waals surface area (Å²) in [5, 5.41) is 10.5. The zero-order valence-electron chi connectivity index (χ0n) is 13.0. The van der Waals surface area contributed by atoms with Crippen LogP contribution in [0.3, 0.4) is 0 Å². The standard InChI is InChI=1S/C19H22O3/c1-3-17(22-19(21)16-12-8-5-9-13-16)14(2)18(20)15-10-6-4-7-11-15/h4-14,17-18,20H,3H2,1-2H3/t14-,17+,18-/m0/s1. The highest BCUT2D eigenvalue weighted by molar-refractivity contribution is 5.89. The van der Waals surface area contributed by atoms with E-state index in [-0.39, 0.29) is 18.0 Å². The van der Waals surface area contributed by atoms with Crippen molar-refractivity contribution in [1.82, 2.24) is 0 Å². The number of rotatable bonds is 6. The molecule has 0 unspecified atom stereocenters. The highest BCUT2D eigenvalue weighted by Gasteiger charge is 2.27. The van der Waals surface area contributed by atoms with Crippen molar-refractivity contribution in [2.24, 2.45) is 5.92 Å². The van der Waals surface area contributed by atoms with Crippen molar-refractivity contribution < 1.29 is 14.6 Å². The average molecular weight is 298 g/mol. The fourth-order valence-corrected chi connectivity index (χ4v) is 2.50. The minimum Gasteiger partial charge on any atom is -0.458 e. The van der Waals surface area contributed by atoms with Gasteiger partial charge < -0.3 is 9.84 Å². The number of benzene rings is 2. The van der Waals surface area contributed by atoms with Crippen LogP contribution in [0.2, 0.25) is 0 Å². The van der Waals surface area contributed by atoms with Gasteiger partial charge in [0.05, 0.1) is 11.7 Å². The molecule has 22 heavy (non-hydrogen) atoms. The number of hydrogen-bond acceptors (Lipinski definition) is 3. The van der Waals surface area contributed by atoms with Crippen molar-refractivity contribution in [3.05, 3.63) is 71.8 Å². The van der Waals surface area contributed by atoms with Gasteiger partial charge in [-0.15, -0.1) is 0 Å². The Balaban J connectivity index is 2.06. The first-order valence-corrected chi connectivity index (χ1v) is 7.62. The molecule has 0 aliphatic heterocycles. The Morgan fingerprint density at radius 3 is 2.14 bits per heavy atom. The second-order valence-corrected chi connectivity index (χ2v) is 5.43. The predicted octanol–water partition coefficient (Wildman–Crippen LogP) is 3.99. The van der Waals surface area contributed by atoms with Crippen molar-refractivity contribution >= 4 is 5.97 Å². The molecule has 0 saturated heterocycles. The van der Waals surface area contributed by atoms with Gasteiger partial charge in [-0.3, -0.25) is 0 Å². The Kier molecular flexibility index (Phi) is 5.73. The number of hydrogen-bond donors (Lipinski definition) is 1. The van der Waals surface area contributed by atoms with Crippen LogP contribution in [0, 0.1) is 5.92 Å². The molecule has 0 saturated carbocycles. The predicted molar refractivity (Wildman–Crippen MR) is 86.5 cm³/mol. The first-order valence-electron chi connectivity index (χ1n) is 7.62. The molecule has 0 bridgehead atoms. The van der Waals surface area contributed by atoms with E-state index in [1.54, 1.807) is 24.3 Å². The Morgan fingerprint density at radius 1 is 1.05 bits per heavy atom. The fraction of sp³-hybridized carbons (Fsp3) is 0.316. The van der Waals surface area contributed by atoms with E-state index in [1.807, 2.05) is 50.2 Å². The summed E-state index contributed by atoms with van der Waals surface area (Å²) in [5.74, 6) is -0.528. The second-order valence-electron chi connectivity index (χ2n) is 5.43. The Hall–Kier alpha value is -2.13. The molecule has 2 aromatic rings. The van der Waals surface area contributed by atoms with Crippen LogP contribution in [-0.2, 0) is 4.74 Å². The van der Waals surface area contributed by atoms with E-state index in [4.69, 9.17) is 4.74 Å². The van der Waals surface area contributed by atoms with Gasteiger partial charge in [0.1, 0.15) is 6.10 Å². The van der Waals surface area contributed by atoms with Crippen LogP contribution in [-0.4, -0.2) is 17.2 Å². The molecule has 0 radical (unpaired) electrons. The largest absolute Gasteiger partial charge is 0.458 e. The molecule has 3 heteroatoms. The van der Waals surface area contributed by atoms with Crippen LogP contribution < -0.4 is 0 Å². The molecule has 0 amide bonds. The molecule has 0 heterocycles. The molecule has 2 aromatic carbocycles. The van der Waals surface area contributed by atoms with Gasteiger partial charge in [-0.25, -0.2) is 4.79 Å². The highest BCUT2D eigenvalue weighted by atomic mass is 16.5. The molecule has 1 N–H and O–H groups in total. The van der Waals surface area contributed by atoms with E-state index >= 15 is 0 Å². The number of carbonyl (C=O) groups excluding carboxylic acids is 1. The maximum Gasteiger partial charge on any atom is 0.338 e. The molecule has 2 rings (SSSR count). The summed E-state index contributed by atoms with van der Waals surface area (Å²) in [4.78, 5) is 12.2. The Labute approximate surface area is 131 Å². The quantitative estimate of drug-likeness (QED) is 0.820. The maximum atomic E-state index is 12.2. The number of ether oxygens (including phenoxy) is 1. The normalized spacial score (nSPS) is 14.9. The van der Waals surface area contributed by atoms with Gasteiger partial charge in [0.25, 0.3) is 0 Å². The Bertz CT molecular complexity index is 580. The lowest BCUT2D eigenvalue weighted by atomic mass is 9.91. The van der Waals surface area contributed by atoms with E-state index in [0.29, 0.717) is 12.0 Å². The van der Waals surface area contributed by atoms with Crippen LogP contribution in [0.25, 0.3) is 0 Å². The number of esters is 1. The van der Waals surface area contributed by atoms with E-state index in [9.17, 15) is 9.90 Å². The summed E-state index contributed by atoms with van der Waals surface area (Å²) in [7, 11) is 0. The van der Waals surface area contributed by atoms with Gasteiger partial charge in [0.2, 0.25) is 0 Å². The van der Waals surface area contributed by atoms with E-state index in [2.05, 4.69) is 0 Å². The third-order valence-electron chi connectivity index (χ3n) is 3.90. The van der Waals surface area contributed by atoms with Crippen LogP contribution >= 0.6 is 0 Å². The minimum atomic E-state index is -0.658. The molecule has 0 spiro atoms. The summed E-state index contributed by atoms with van der Waals surface area (Å²) in [6.07, 6.45) is -0.332. The number of aliphatic hydroxyl groups is 1. The molecular weight excluding hydrogens is 276 g/mol. The first kappa shape index (κ1) is 16.2. The summed E-state index contributed by atoms with van der Waals surface area (Å²) < 4.78 is 5.59. The van der Waals surface area contributed by atoms with Gasteiger partial charge in [-0.2, -0.15) is 0 Å². The zero-order chi connectivity index (χ0) is 15.9. The number of aliphatic hydroxyl groups excluding tert-OH is 1. The monoisotopic (exact) mass is 298 g/mol. The first-order chi connectivity index (χ1) is 10.6. The van der Waals surface area contributed by atoms with Crippen LogP contribution in [0.1, 0.15) is 42.3 Å². The molecule has 0 aromatic heterocycles. The van der Waals surface area contributed by atoms with Crippen molar-refractivity contribution in [3.63, 3.8) is 0 Å². The smallest absolute Gasteiger partial charge is 0.338 e. The van der Waals surface area contributed by atoms with Gasteiger partial charge >= 0.3 is 5.97 Å². The van der Waals surface area contributed by atoms with Crippen molar-refractivity contribution in [2.45, 2.75) is 32.5 Å². The maximum absolute atomic E-state index is 12.2. The summed E-state index contributed by atoms with van der Waals surface area (Å²) >= 11 is 0. The van der Waals surface area contributed by atoms with E-state index in [0.717, 1.165) is 5.56 Å². The molecule has 116 valence electrons. The van der Waals surface area contributed by atoms with Gasteiger partial charge in [-0.05, 0) is 24.1 Å². The fourth-order valence-electron chi connectivity index (χ4n) is 2.50.